The molecule has 0 aliphatic rings. The van der Waals surface area contributed by atoms with E-state index in [-0.39, 0.29) is 22.6 Å². The number of likely N-dealkylation sites (N-methyl/N-ethyl adjacent to an activating group) is 2. The van der Waals surface area contributed by atoms with Gasteiger partial charge in [0.15, 0.2) is 0 Å². The molecule has 140 valence electrons. The van der Waals surface area contributed by atoms with Gasteiger partial charge < -0.3 is 10.2 Å². The third-order valence-electron chi connectivity index (χ3n) is 3.52. The highest BCUT2D eigenvalue weighted by Crippen LogP contribution is 2.20. The van der Waals surface area contributed by atoms with Crippen LogP contribution in [-0.4, -0.2) is 44.8 Å². The average Bonchev–Trinajstić information content (AvgIpc) is 3.15. The molecule has 0 unspecified atom stereocenters. The van der Waals surface area contributed by atoms with Crippen LogP contribution in [0.1, 0.15) is 24.2 Å². The van der Waals surface area contributed by atoms with Gasteiger partial charge in [-0.1, -0.05) is 6.07 Å². The van der Waals surface area contributed by atoms with Crippen LogP contribution in [0.4, 0.5) is 5.69 Å². The number of benzene rings is 1. The number of carbonyl (C=O) groups excluding carboxylic acids is 2. The van der Waals surface area contributed by atoms with Gasteiger partial charge in [0.05, 0.1) is 6.54 Å². The Morgan fingerprint density at radius 3 is 2.35 bits per heavy atom. The molecule has 0 radical (unpaired) electrons. The lowest BCUT2D eigenvalue weighted by molar-refractivity contribution is -0.121. The Labute approximate surface area is 157 Å². The number of amides is 2. The molecule has 1 aromatic carbocycles. The molecule has 2 N–H and O–H groups in total. The van der Waals surface area contributed by atoms with E-state index >= 15 is 0 Å². The molecule has 9 heteroatoms. The standard InChI is InChI=1S/C17H21N3O4S2/c1-3-18-15(21)12-20(4-2)17(22)13-7-9-14(10-8-13)19-26(23,24)16-6-5-11-25-16/h5-11,19H,3-4,12H2,1-2H3,(H,18,21). The van der Waals surface area contributed by atoms with Gasteiger partial charge in [0.2, 0.25) is 5.91 Å². The molecule has 0 atom stereocenters. The monoisotopic (exact) mass is 395 g/mol. The summed E-state index contributed by atoms with van der Waals surface area (Å²) in [6.07, 6.45) is 0. The number of hydrogen-bond acceptors (Lipinski definition) is 5. The first kappa shape index (κ1) is 19.9. The molecule has 0 saturated heterocycles. The number of rotatable bonds is 8. The lowest BCUT2D eigenvalue weighted by Gasteiger charge is -2.20. The van der Waals surface area contributed by atoms with Gasteiger partial charge in [-0.15, -0.1) is 11.3 Å². The first-order valence-electron chi connectivity index (χ1n) is 8.09. The number of sulfonamides is 1. The van der Waals surface area contributed by atoms with Crippen molar-refractivity contribution in [1.82, 2.24) is 10.2 Å². The van der Waals surface area contributed by atoms with E-state index in [1.807, 2.05) is 6.92 Å². The average molecular weight is 396 g/mol. The van der Waals surface area contributed by atoms with E-state index < -0.39 is 10.0 Å². The fourth-order valence-electron chi connectivity index (χ4n) is 2.24. The van der Waals surface area contributed by atoms with Crippen molar-refractivity contribution in [3.63, 3.8) is 0 Å². The van der Waals surface area contributed by atoms with E-state index in [2.05, 4.69) is 10.0 Å². The smallest absolute Gasteiger partial charge is 0.271 e. The highest BCUT2D eigenvalue weighted by atomic mass is 32.2. The molecule has 0 fully saturated rings. The van der Waals surface area contributed by atoms with Gasteiger partial charge in [-0.25, -0.2) is 8.42 Å². The molecule has 0 aliphatic heterocycles. The maximum atomic E-state index is 12.5. The Balaban J connectivity index is 2.08. The first-order valence-corrected chi connectivity index (χ1v) is 10.5. The number of thiophene rings is 1. The lowest BCUT2D eigenvalue weighted by Crippen LogP contribution is -2.40. The molecule has 0 aliphatic carbocycles. The van der Waals surface area contributed by atoms with Gasteiger partial charge in [-0.2, -0.15) is 0 Å². The van der Waals surface area contributed by atoms with Gasteiger partial charge in [-0.05, 0) is 49.6 Å². The van der Waals surface area contributed by atoms with Crippen molar-refractivity contribution in [2.24, 2.45) is 0 Å². The Morgan fingerprint density at radius 2 is 1.81 bits per heavy atom. The quantitative estimate of drug-likeness (QED) is 0.716. The highest BCUT2D eigenvalue weighted by Gasteiger charge is 2.18. The maximum Gasteiger partial charge on any atom is 0.271 e. The zero-order chi connectivity index (χ0) is 19.2. The van der Waals surface area contributed by atoms with Crippen LogP contribution in [0.15, 0.2) is 46.0 Å². The molecule has 0 saturated carbocycles. The minimum Gasteiger partial charge on any atom is -0.355 e. The zero-order valence-corrected chi connectivity index (χ0v) is 16.2. The molecular formula is C17H21N3O4S2. The molecule has 0 bridgehead atoms. The predicted octanol–water partition coefficient (Wildman–Crippen LogP) is 2.15. The van der Waals surface area contributed by atoms with Crippen molar-refractivity contribution in [1.29, 1.82) is 0 Å². The van der Waals surface area contributed by atoms with E-state index in [9.17, 15) is 18.0 Å². The van der Waals surface area contributed by atoms with Crippen molar-refractivity contribution in [2.75, 3.05) is 24.4 Å². The van der Waals surface area contributed by atoms with Crippen molar-refractivity contribution in [3.05, 3.63) is 47.3 Å². The fourth-order valence-corrected chi connectivity index (χ4v) is 4.29. The number of nitrogens with one attached hydrogen (secondary N) is 2. The summed E-state index contributed by atoms with van der Waals surface area (Å²) in [6.45, 7) is 4.48. The maximum absolute atomic E-state index is 12.5. The van der Waals surface area contributed by atoms with Crippen molar-refractivity contribution in [2.45, 2.75) is 18.1 Å². The summed E-state index contributed by atoms with van der Waals surface area (Å²) >= 11 is 1.12. The van der Waals surface area contributed by atoms with Gasteiger partial charge in [0.25, 0.3) is 15.9 Å². The molecule has 2 amide bonds. The van der Waals surface area contributed by atoms with E-state index in [4.69, 9.17) is 0 Å². The highest BCUT2D eigenvalue weighted by molar-refractivity contribution is 7.94. The third kappa shape index (κ3) is 5.06. The molecular weight excluding hydrogens is 374 g/mol. The Hall–Kier alpha value is -2.39. The number of hydrogen-bond donors (Lipinski definition) is 2. The number of carbonyl (C=O) groups is 2. The third-order valence-corrected chi connectivity index (χ3v) is 6.30. The second kappa shape index (κ2) is 8.81. The van der Waals surface area contributed by atoms with Crippen molar-refractivity contribution in [3.8, 4) is 0 Å². The second-order valence-electron chi connectivity index (χ2n) is 5.39. The topological polar surface area (TPSA) is 95.6 Å². The molecule has 7 nitrogen and oxygen atoms in total. The minimum absolute atomic E-state index is 0.0179. The van der Waals surface area contributed by atoms with Crippen LogP contribution in [0.3, 0.4) is 0 Å². The summed E-state index contributed by atoms with van der Waals surface area (Å²) in [4.78, 5) is 25.6. The number of nitrogens with zero attached hydrogens (tertiary/aromatic N) is 1. The second-order valence-corrected chi connectivity index (χ2v) is 8.24. The van der Waals surface area contributed by atoms with Crippen LogP contribution in [0.5, 0.6) is 0 Å². The molecule has 1 heterocycles. The Bertz CT molecular complexity index is 847. The predicted molar refractivity (Wildman–Crippen MR) is 102 cm³/mol. The van der Waals surface area contributed by atoms with E-state index in [1.54, 1.807) is 18.4 Å². The van der Waals surface area contributed by atoms with Crippen LogP contribution < -0.4 is 10.0 Å². The molecule has 1 aromatic heterocycles. The SMILES string of the molecule is CCNC(=O)CN(CC)C(=O)c1ccc(NS(=O)(=O)c2cccs2)cc1. The molecule has 0 spiro atoms. The Morgan fingerprint density at radius 1 is 1.12 bits per heavy atom. The van der Waals surface area contributed by atoms with Crippen LogP contribution in [0, 0.1) is 0 Å². The summed E-state index contributed by atoms with van der Waals surface area (Å²) in [5.41, 5.74) is 0.747. The van der Waals surface area contributed by atoms with Crippen LogP contribution in [0.25, 0.3) is 0 Å². The normalized spacial score (nSPS) is 11.0. The molecule has 2 aromatic rings. The van der Waals surface area contributed by atoms with Gasteiger partial charge in [0.1, 0.15) is 4.21 Å². The summed E-state index contributed by atoms with van der Waals surface area (Å²) in [7, 11) is -3.63. The number of anilines is 1. The largest absolute Gasteiger partial charge is 0.355 e. The summed E-state index contributed by atoms with van der Waals surface area (Å²) in [5, 5.41) is 4.34. The summed E-state index contributed by atoms with van der Waals surface area (Å²) in [6, 6.07) is 9.31. The summed E-state index contributed by atoms with van der Waals surface area (Å²) < 4.78 is 27.1. The fraction of sp³-hybridized carbons (Fsp3) is 0.294. The van der Waals surface area contributed by atoms with Crippen LogP contribution >= 0.6 is 11.3 Å². The Kier molecular flexibility index (Phi) is 6.76. The molecule has 26 heavy (non-hydrogen) atoms. The van der Waals surface area contributed by atoms with E-state index in [0.717, 1.165) is 11.3 Å². The molecule has 2 rings (SSSR count). The van der Waals surface area contributed by atoms with E-state index in [0.29, 0.717) is 24.3 Å². The van der Waals surface area contributed by atoms with Gasteiger partial charge in [0, 0.05) is 24.3 Å². The first-order chi connectivity index (χ1) is 12.4. The zero-order valence-electron chi connectivity index (χ0n) is 14.6. The van der Waals surface area contributed by atoms with Gasteiger partial charge in [-0.3, -0.25) is 14.3 Å². The van der Waals surface area contributed by atoms with Crippen LogP contribution in [-0.2, 0) is 14.8 Å². The van der Waals surface area contributed by atoms with E-state index in [1.165, 1.54) is 35.2 Å². The summed E-state index contributed by atoms with van der Waals surface area (Å²) in [5.74, 6) is -0.505. The lowest BCUT2D eigenvalue weighted by atomic mass is 10.2. The van der Waals surface area contributed by atoms with Crippen molar-refractivity contribution < 1.29 is 18.0 Å². The minimum atomic E-state index is -3.63. The van der Waals surface area contributed by atoms with Crippen LogP contribution in [0.2, 0.25) is 0 Å². The van der Waals surface area contributed by atoms with Crippen molar-refractivity contribution >= 4 is 38.9 Å². The van der Waals surface area contributed by atoms with Gasteiger partial charge >= 0.3 is 0 Å².